The Hall–Kier alpha value is -3.68. The minimum absolute atomic E-state index is 0.407. The van der Waals surface area contributed by atoms with Crippen LogP contribution in [-0.2, 0) is 0 Å². The largest absolute Gasteiger partial charge is 0.438 e. The smallest absolute Gasteiger partial charge is 0.326 e. The number of hydrogen-bond donors (Lipinski definition) is 3. The average molecular weight is 335 g/mol. The van der Waals surface area contributed by atoms with Crippen molar-refractivity contribution in [1.29, 1.82) is 0 Å². The molecule has 8 heteroatoms. The van der Waals surface area contributed by atoms with E-state index in [9.17, 15) is 9.59 Å². The molecule has 0 atom stereocenters. The summed E-state index contributed by atoms with van der Waals surface area (Å²) in [5, 5.41) is 7.61. The number of fused-ring (bicyclic) bond motifs is 1. The summed E-state index contributed by atoms with van der Waals surface area (Å²) in [4.78, 5) is 32.3. The molecule has 0 aliphatic rings. The molecule has 4 rings (SSSR count). The van der Waals surface area contributed by atoms with Crippen molar-refractivity contribution in [3.63, 3.8) is 0 Å². The fraction of sp³-hybridized carbons (Fsp3) is 0.0588. The Balaban J connectivity index is 1.68. The number of nitrogens with one attached hydrogen (secondary N) is 3. The molecular formula is C17H13N5O3. The molecule has 124 valence electrons. The summed E-state index contributed by atoms with van der Waals surface area (Å²) in [6.07, 6.45) is 3.28. The maximum Gasteiger partial charge on any atom is 0.326 e. The van der Waals surface area contributed by atoms with E-state index in [2.05, 4.69) is 25.1 Å². The quantitative estimate of drug-likeness (QED) is 0.530. The van der Waals surface area contributed by atoms with Crippen LogP contribution in [0.25, 0.3) is 22.2 Å². The van der Waals surface area contributed by atoms with Crippen LogP contribution in [0, 0.1) is 6.92 Å². The molecule has 4 aromatic rings. The lowest BCUT2D eigenvalue weighted by atomic mass is 10.1. The van der Waals surface area contributed by atoms with Crippen molar-refractivity contribution >= 4 is 10.9 Å². The van der Waals surface area contributed by atoms with Crippen molar-refractivity contribution in [2.45, 2.75) is 6.92 Å². The Morgan fingerprint density at radius 2 is 1.84 bits per heavy atom. The summed E-state index contributed by atoms with van der Waals surface area (Å²) in [7, 11) is 0. The van der Waals surface area contributed by atoms with Gasteiger partial charge in [-0.25, -0.2) is 9.78 Å². The molecule has 0 fully saturated rings. The maximum atomic E-state index is 11.7. The molecule has 3 aromatic heterocycles. The third-order valence-electron chi connectivity index (χ3n) is 3.87. The summed E-state index contributed by atoms with van der Waals surface area (Å²) in [6.45, 7) is 1.65. The zero-order chi connectivity index (χ0) is 17.4. The standard InChI is InChI=1S/C17H13N5O3/c1-9-14(20-17(24)21-15(9)23)10-2-4-11(5-3-10)25-16-12-8-19-22-13(12)6-7-18-16/h2-8H,1H3,(H,19,22)(H2,20,21,23,24). The van der Waals surface area contributed by atoms with E-state index in [1.165, 1.54) is 0 Å². The van der Waals surface area contributed by atoms with Crippen molar-refractivity contribution in [3.05, 3.63) is 69.1 Å². The third-order valence-corrected chi connectivity index (χ3v) is 3.87. The van der Waals surface area contributed by atoms with Crippen LogP contribution in [0.2, 0.25) is 0 Å². The molecule has 0 aliphatic carbocycles. The highest BCUT2D eigenvalue weighted by atomic mass is 16.5. The Bertz CT molecular complexity index is 1170. The van der Waals surface area contributed by atoms with Gasteiger partial charge in [0.25, 0.3) is 5.56 Å². The van der Waals surface area contributed by atoms with Gasteiger partial charge in [-0.05, 0) is 42.8 Å². The predicted molar refractivity (Wildman–Crippen MR) is 91.8 cm³/mol. The number of ether oxygens (including phenoxy) is 1. The predicted octanol–water partition coefficient (Wildman–Crippen LogP) is 2.10. The van der Waals surface area contributed by atoms with Crippen LogP contribution in [0.3, 0.4) is 0 Å². The normalized spacial score (nSPS) is 10.9. The highest BCUT2D eigenvalue weighted by Crippen LogP contribution is 2.28. The Kier molecular flexibility index (Phi) is 3.42. The van der Waals surface area contributed by atoms with Crippen LogP contribution in [0.5, 0.6) is 11.6 Å². The maximum absolute atomic E-state index is 11.7. The highest BCUT2D eigenvalue weighted by molar-refractivity contribution is 5.82. The van der Waals surface area contributed by atoms with Crippen molar-refractivity contribution in [1.82, 2.24) is 25.1 Å². The topological polar surface area (TPSA) is 117 Å². The van der Waals surface area contributed by atoms with Crippen molar-refractivity contribution in [2.24, 2.45) is 0 Å². The number of nitrogens with zero attached hydrogens (tertiary/aromatic N) is 2. The van der Waals surface area contributed by atoms with Crippen LogP contribution in [0.4, 0.5) is 0 Å². The minimum Gasteiger partial charge on any atom is -0.438 e. The van der Waals surface area contributed by atoms with Crippen molar-refractivity contribution in [2.75, 3.05) is 0 Å². The van der Waals surface area contributed by atoms with Crippen LogP contribution >= 0.6 is 0 Å². The van der Waals surface area contributed by atoms with Crippen LogP contribution < -0.4 is 16.0 Å². The lowest BCUT2D eigenvalue weighted by molar-refractivity contribution is 0.469. The lowest BCUT2D eigenvalue weighted by Gasteiger charge is -2.08. The van der Waals surface area contributed by atoms with Gasteiger partial charge in [0, 0.05) is 11.8 Å². The van der Waals surface area contributed by atoms with E-state index in [1.54, 1.807) is 43.6 Å². The number of rotatable bonds is 3. The first-order valence-corrected chi connectivity index (χ1v) is 7.51. The minimum atomic E-state index is -0.540. The molecule has 0 aliphatic heterocycles. The summed E-state index contributed by atoms with van der Waals surface area (Å²) < 4.78 is 5.81. The number of aromatic amines is 3. The molecule has 3 N–H and O–H groups in total. The fourth-order valence-electron chi connectivity index (χ4n) is 2.56. The van der Waals surface area contributed by atoms with E-state index >= 15 is 0 Å². The van der Waals surface area contributed by atoms with Gasteiger partial charge in [-0.2, -0.15) is 5.10 Å². The lowest BCUT2D eigenvalue weighted by Crippen LogP contribution is -2.24. The molecule has 8 nitrogen and oxygen atoms in total. The summed E-state index contributed by atoms with van der Waals surface area (Å²) in [5.74, 6) is 1.02. The number of aromatic nitrogens is 5. The molecule has 0 spiro atoms. The number of benzene rings is 1. The molecule has 0 radical (unpaired) electrons. The second-order valence-electron chi connectivity index (χ2n) is 5.48. The molecule has 3 heterocycles. The van der Waals surface area contributed by atoms with E-state index < -0.39 is 11.2 Å². The van der Waals surface area contributed by atoms with E-state index in [0.29, 0.717) is 28.5 Å². The Morgan fingerprint density at radius 3 is 2.64 bits per heavy atom. The van der Waals surface area contributed by atoms with Gasteiger partial charge in [-0.15, -0.1) is 0 Å². The average Bonchev–Trinajstić information content (AvgIpc) is 3.09. The van der Waals surface area contributed by atoms with Crippen molar-refractivity contribution in [3.8, 4) is 22.9 Å². The Labute approximate surface area is 140 Å². The SMILES string of the molecule is Cc1c(-c2ccc(Oc3nccc4[nH]ncc34)cc2)[nH]c(=O)[nH]c1=O. The van der Waals surface area contributed by atoms with E-state index in [-0.39, 0.29) is 0 Å². The monoisotopic (exact) mass is 335 g/mol. The molecule has 0 saturated carbocycles. The van der Waals surface area contributed by atoms with Gasteiger partial charge in [0.15, 0.2) is 0 Å². The first-order valence-electron chi connectivity index (χ1n) is 7.51. The summed E-state index contributed by atoms with van der Waals surface area (Å²) >= 11 is 0. The number of H-pyrrole nitrogens is 3. The van der Waals surface area contributed by atoms with E-state index in [4.69, 9.17) is 4.74 Å². The second kappa shape index (κ2) is 5.75. The highest BCUT2D eigenvalue weighted by Gasteiger charge is 2.09. The van der Waals surface area contributed by atoms with Gasteiger partial charge in [-0.3, -0.25) is 14.9 Å². The van der Waals surface area contributed by atoms with E-state index in [0.717, 1.165) is 10.9 Å². The third kappa shape index (κ3) is 2.69. The fourth-order valence-corrected chi connectivity index (χ4v) is 2.56. The molecule has 1 aromatic carbocycles. The van der Waals surface area contributed by atoms with Crippen LogP contribution in [-0.4, -0.2) is 25.1 Å². The zero-order valence-electron chi connectivity index (χ0n) is 13.2. The van der Waals surface area contributed by atoms with Crippen LogP contribution in [0.15, 0.2) is 52.3 Å². The van der Waals surface area contributed by atoms with Gasteiger partial charge < -0.3 is 9.72 Å². The molecule has 0 saturated heterocycles. The molecule has 0 amide bonds. The Morgan fingerprint density at radius 1 is 1.04 bits per heavy atom. The second-order valence-corrected chi connectivity index (χ2v) is 5.48. The van der Waals surface area contributed by atoms with Gasteiger partial charge >= 0.3 is 5.69 Å². The summed E-state index contributed by atoms with van der Waals surface area (Å²) in [5.41, 5.74) is 1.52. The first-order chi connectivity index (χ1) is 12.1. The number of pyridine rings is 1. The van der Waals surface area contributed by atoms with Gasteiger partial charge in [-0.1, -0.05) is 0 Å². The number of hydrogen-bond acceptors (Lipinski definition) is 5. The van der Waals surface area contributed by atoms with Gasteiger partial charge in [0.05, 0.1) is 22.8 Å². The van der Waals surface area contributed by atoms with Gasteiger partial charge in [0.1, 0.15) is 5.75 Å². The molecule has 25 heavy (non-hydrogen) atoms. The van der Waals surface area contributed by atoms with E-state index in [1.807, 2.05) is 6.07 Å². The first kappa shape index (κ1) is 14.9. The molecule has 0 bridgehead atoms. The zero-order valence-corrected chi connectivity index (χ0v) is 13.2. The molecular weight excluding hydrogens is 322 g/mol. The van der Waals surface area contributed by atoms with Crippen molar-refractivity contribution < 1.29 is 4.74 Å². The van der Waals surface area contributed by atoms with Gasteiger partial charge in [0.2, 0.25) is 5.88 Å². The molecule has 0 unspecified atom stereocenters. The summed E-state index contributed by atoms with van der Waals surface area (Å²) in [6, 6.07) is 8.83. The van der Waals surface area contributed by atoms with Crippen LogP contribution in [0.1, 0.15) is 5.56 Å².